The number of anilines is 1. The quantitative estimate of drug-likeness (QED) is 0.740. The molecule has 10 heteroatoms. The summed E-state index contributed by atoms with van der Waals surface area (Å²) in [6.45, 7) is 5.23. The largest absolute Gasteiger partial charge is 0.463 e. The number of aromatic nitrogens is 1. The van der Waals surface area contributed by atoms with Gasteiger partial charge in [0.05, 0.1) is 17.8 Å². The van der Waals surface area contributed by atoms with Crippen molar-refractivity contribution in [3.8, 4) is 11.5 Å². The van der Waals surface area contributed by atoms with Crippen molar-refractivity contribution in [1.29, 1.82) is 0 Å². The van der Waals surface area contributed by atoms with Gasteiger partial charge >= 0.3 is 6.09 Å². The fourth-order valence-corrected chi connectivity index (χ4v) is 5.32. The molecule has 3 rings (SSSR count). The lowest BCUT2D eigenvalue weighted by molar-refractivity contribution is 0.0635. The molecule has 8 nitrogen and oxygen atoms in total. The van der Waals surface area contributed by atoms with Gasteiger partial charge in [-0.05, 0) is 45.7 Å². The first-order valence-corrected chi connectivity index (χ1v) is 11.5. The van der Waals surface area contributed by atoms with Gasteiger partial charge in [0.1, 0.15) is 26.0 Å². The maximum Gasteiger partial charge on any atom is 0.413 e. The number of ketones is 1. The first-order chi connectivity index (χ1) is 13.0. The molecule has 1 N–H and O–H groups in total. The lowest BCUT2D eigenvalue weighted by atomic mass is 9.95. The number of rotatable bonds is 4. The van der Waals surface area contributed by atoms with Gasteiger partial charge in [-0.1, -0.05) is 11.3 Å². The summed E-state index contributed by atoms with van der Waals surface area (Å²) in [6.07, 6.45) is 1.36. The molecular formula is C18H22N2O6S2. The van der Waals surface area contributed by atoms with E-state index in [4.69, 9.17) is 9.15 Å². The number of sulfone groups is 1. The third kappa shape index (κ3) is 4.99. The summed E-state index contributed by atoms with van der Waals surface area (Å²) in [6, 6.07) is 3.35. The number of furan rings is 1. The van der Waals surface area contributed by atoms with Crippen molar-refractivity contribution in [1.82, 2.24) is 4.98 Å². The fourth-order valence-electron chi connectivity index (χ4n) is 2.85. The average molecular weight is 427 g/mol. The van der Waals surface area contributed by atoms with Crippen LogP contribution < -0.4 is 5.32 Å². The summed E-state index contributed by atoms with van der Waals surface area (Å²) >= 11 is 1.03. The first-order valence-electron chi connectivity index (χ1n) is 8.83. The molecule has 0 bridgehead atoms. The second kappa shape index (κ2) is 7.67. The molecule has 0 aliphatic carbocycles. The highest BCUT2D eigenvalue weighted by Crippen LogP contribution is 2.35. The van der Waals surface area contributed by atoms with Crippen LogP contribution in [-0.2, 0) is 14.6 Å². The third-order valence-corrected chi connectivity index (χ3v) is 6.84. The molecule has 0 spiro atoms. The predicted molar refractivity (Wildman–Crippen MR) is 105 cm³/mol. The van der Waals surface area contributed by atoms with Crippen LogP contribution in [0.3, 0.4) is 0 Å². The number of carbonyl (C=O) groups is 2. The lowest BCUT2D eigenvalue weighted by Crippen LogP contribution is -2.28. The van der Waals surface area contributed by atoms with Crippen LogP contribution in [0.25, 0.3) is 11.5 Å². The minimum Gasteiger partial charge on any atom is -0.463 e. The minimum absolute atomic E-state index is 0.00130. The summed E-state index contributed by atoms with van der Waals surface area (Å²) in [5.41, 5.74) is -0.336. The summed E-state index contributed by atoms with van der Waals surface area (Å²) in [5, 5.41) is 2.76. The summed E-state index contributed by atoms with van der Waals surface area (Å²) in [4.78, 5) is 29.8. The van der Waals surface area contributed by atoms with Crippen molar-refractivity contribution in [2.75, 3.05) is 16.8 Å². The summed E-state index contributed by atoms with van der Waals surface area (Å²) in [7, 11) is -3.07. The van der Waals surface area contributed by atoms with E-state index in [1.165, 1.54) is 6.26 Å². The van der Waals surface area contributed by atoms with Crippen LogP contribution in [0.5, 0.6) is 0 Å². The second-order valence-corrected chi connectivity index (χ2v) is 10.9. The van der Waals surface area contributed by atoms with Crippen LogP contribution in [0.2, 0.25) is 0 Å². The molecule has 1 aliphatic rings. The Bertz CT molecular complexity index is 956. The molecule has 2 aromatic heterocycles. The van der Waals surface area contributed by atoms with Crippen LogP contribution in [-0.4, -0.2) is 42.4 Å². The lowest BCUT2D eigenvalue weighted by Gasteiger charge is -2.20. The summed E-state index contributed by atoms with van der Waals surface area (Å²) in [5.74, 6) is -0.175. The Labute approximate surface area is 167 Å². The second-order valence-electron chi connectivity index (χ2n) is 7.59. The Balaban J connectivity index is 1.86. The molecule has 1 aliphatic heterocycles. The highest BCUT2D eigenvalue weighted by atomic mass is 32.2. The molecule has 0 saturated carbocycles. The van der Waals surface area contributed by atoms with Gasteiger partial charge in [0.25, 0.3) is 0 Å². The Morgan fingerprint density at radius 1 is 1.29 bits per heavy atom. The zero-order valence-corrected chi connectivity index (χ0v) is 17.5. The number of amides is 1. The molecule has 152 valence electrons. The molecular weight excluding hydrogens is 404 g/mol. The van der Waals surface area contributed by atoms with Gasteiger partial charge in [0, 0.05) is 5.92 Å². The van der Waals surface area contributed by atoms with Crippen LogP contribution in [0.1, 0.15) is 43.3 Å². The van der Waals surface area contributed by atoms with Crippen LogP contribution in [0.4, 0.5) is 9.93 Å². The zero-order chi connectivity index (χ0) is 20.5. The van der Waals surface area contributed by atoms with Gasteiger partial charge < -0.3 is 9.15 Å². The predicted octanol–water partition coefficient (Wildman–Crippen LogP) is 3.76. The van der Waals surface area contributed by atoms with Crippen molar-refractivity contribution >= 4 is 38.2 Å². The van der Waals surface area contributed by atoms with Gasteiger partial charge in [0.2, 0.25) is 0 Å². The van der Waals surface area contributed by atoms with E-state index in [0.717, 1.165) is 11.3 Å². The van der Waals surface area contributed by atoms with Crippen molar-refractivity contribution in [3.05, 3.63) is 23.3 Å². The van der Waals surface area contributed by atoms with Crippen molar-refractivity contribution < 1.29 is 27.2 Å². The van der Waals surface area contributed by atoms with Crippen molar-refractivity contribution in [2.24, 2.45) is 5.92 Å². The third-order valence-electron chi connectivity index (χ3n) is 4.14. The van der Waals surface area contributed by atoms with E-state index >= 15 is 0 Å². The number of hydrogen-bond acceptors (Lipinski definition) is 8. The molecule has 1 fully saturated rings. The molecule has 3 heterocycles. The average Bonchev–Trinajstić information content (AvgIpc) is 3.21. The molecule has 0 aromatic carbocycles. The minimum atomic E-state index is -3.07. The van der Waals surface area contributed by atoms with Crippen LogP contribution in [0.15, 0.2) is 22.8 Å². The smallest absolute Gasteiger partial charge is 0.413 e. The molecule has 1 saturated heterocycles. The SMILES string of the molecule is CC(C)(C)OC(=O)Nc1nc(-c2ccco2)c(C(=O)C2CCS(=O)(=O)CC2)s1. The topological polar surface area (TPSA) is 116 Å². The highest BCUT2D eigenvalue weighted by molar-refractivity contribution is 7.91. The van der Waals surface area contributed by atoms with Gasteiger partial charge in [-0.25, -0.2) is 18.2 Å². The maximum atomic E-state index is 13.0. The van der Waals surface area contributed by atoms with E-state index in [9.17, 15) is 18.0 Å². The van der Waals surface area contributed by atoms with E-state index in [1.807, 2.05) is 0 Å². The van der Waals surface area contributed by atoms with Crippen molar-refractivity contribution in [3.63, 3.8) is 0 Å². The normalized spacial score (nSPS) is 17.2. The molecule has 0 atom stereocenters. The maximum absolute atomic E-state index is 13.0. The van der Waals surface area contributed by atoms with E-state index < -0.39 is 27.4 Å². The standard InChI is InChI=1S/C18H22N2O6S2/c1-18(2,3)26-17(22)20-16-19-13(12-5-4-8-25-12)15(27-16)14(21)11-6-9-28(23,24)10-7-11/h4-5,8,11H,6-7,9-10H2,1-3H3,(H,19,20,22). The number of thiazole rings is 1. The number of ether oxygens (including phenoxy) is 1. The van der Waals surface area contributed by atoms with Gasteiger partial charge in [-0.2, -0.15) is 0 Å². The Morgan fingerprint density at radius 3 is 2.54 bits per heavy atom. The Kier molecular flexibility index (Phi) is 5.62. The number of nitrogens with one attached hydrogen (secondary N) is 1. The van der Waals surface area contributed by atoms with E-state index in [-0.39, 0.29) is 35.3 Å². The molecule has 0 unspecified atom stereocenters. The number of carbonyl (C=O) groups excluding carboxylic acids is 2. The monoisotopic (exact) mass is 426 g/mol. The number of nitrogens with zero attached hydrogens (tertiary/aromatic N) is 1. The molecule has 28 heavy (non-hydrogen) atoms. The molecule has 0 radical (unpaired) electrons. The van der Waals surface area contributed by atoms with Gasteiger partial charge in [0.15, 0.2) is 16.7 Å². The van der Waals surface area contributed by atoms with Gasteiger partial charge in [-0.15, -0.1) is 0 Å². The zero-order valence-electron chi connectivity index (χ0n) is 15.9. The molecule has 2 aromatic rings. The van der Waals surface area contributed by atoms with Crippen molar-refractivity contribution in [2.45, 2.75) is 39.2 Å². The van der Waals surface area contributed by atoms with Crippen LogP contribution in [0, 0.1) is 5.92 Å². The van der Waals surface area contributed by atoms with E-state index in [2.05, 4.69) is 10.3 Å². The number of hydrogen-bond donors (Lipinski definition) is 1. The van der Waals surface area contributed by atoms with Crippen LogP contribution >= 0.6 is 11.3 Å². The number of Topliss-reactive ketones (excluding diaryl/α,β-unsaturated/α-hetero) is 1. The van der Waals surface area contributed by atoms with Gasteiger partial charge in [-0.3, -0.25) is 10.1 Å². The summed E-state index contributed by atoms with van der Waals surface area (Å²) < 4.78 is 33.9. The fraction of sp³-hybridized carbons (Fsp3) is 0.500. The Hall–Kier alpha value is -2.20. The Morgan fingerprint density at radius 2 is 1.96 bits per heavy atom. The van der Waals surface area contributed by atoms with E-state index in [1.54, 1.807) is 32.9 Å². The highest BCUT2D eigenvalue weighted by Gasteiger charge is 2.33. The first kappa shape index (κ1) is 20.5. The van der Waals surface area contributed by atoms with E-state index in [0.29, 0.717) is 16.3 Å². The molecule has 1 amide bonds.